The summed E-state index contributed by atoms with van der Waals surface area (Å²) in [6.07, 6.45) is 1.24. The molecule has 2 heterocycles. The largest absolute Gasteiger partial charge is 0.491 e. The van der Waals surface area contributed by atoms with Crippen molar-refractivity contribution >= 4 is 12.0 Å². The summed E-state index contributed by atoms with van der Waals surface area (Å²) in [6, 6.07) is 6.28. The molecule has 1 unspecified atom stereocenters. The first-order valence-electron chi connectivity index (χ1n) is 6.68. The van der Waals surface area contributed by atoms with E-state index in [0.717, 1.165) is 17.7 Å². The van der Waals surface area contributed by atoms with Crippen LogP contribution < -0.4 is 10.1 Å². The number of amides is 2. The van der Waals surface area contributed by atoms with E-state index in [1.807, 2.05) is 24.3 Å². The third-order valence-corrected chi connectivity index (χ3v) is 3.80. The normalized spacial score (nSPS) is 24.1. The Morgan fingerprint density at radius 2 is 2.15 bits per heavy atom. The highest BCUT2D eigenvalue weighted by Crippen LogP contribution is 2.32. The van der Waals surface area contributed by atoms with Gasteiger partial charge in [-0.3, -0.25) is 0 Å². The molecule has 6 nitrogen and oxygen atoms in total. The molecule has 2 N–H and O–H groups in total. The number of carboxylic acid groups (broad SMARTS) is 1. The van der Waals surface area contributed by atoms with Gasteiger partial charge in [0.1, 0.15) is 18.4 Å². The van der Waals surface area contributed by atoms with E-state index in [4.69, 9.17) is 9.84 Å². The number of carbonyl (C=O) groups excluding carboxylic acids is 1. The zero-order valence-electron chi connectivity index (χ0n) is 10.9. The van der Waals surface area contributed by atoms with E-state index in [0.29, 0.717) is 19.6 Å². The third-order valence-electron chi connectivity index (χ3n) is 3.80. The van der Waals surface area contributed by atoms with Crippen LogP contribution in [-0.2, 0) is 4.79 Å². The smallest absolute Gasteiger partial charge is 0.326 e. The van der Waals surface area contributed by atoms with Crippen molar-refractivity contribution in [1.29, 1.82) is 0 Å². The molecule has 20 heavy (non-hydrogen) atoms. The number of hydrogen-bond acceptors (Lipinski definition) is 3. The topological polar surface area (TPSA) is 78.9 Å². The number of aliphatic carboxylic acids is 1. The van der Waals surface area contributed by atoms with Crippen LogP contribution in [0.5, 0.6) is 5.75 Å². The van der Waals surface area contributed by atoms with Gasteiger partial charge in [-0.2, -0.15) is 0 Å². The van der Waals surface area contributed by atoms with Crippen molar-refractivity contribution in [3.8, 4) is 5.75 Å². The van der Waals surface area contributed by atoms with E-state index in [1.165, 1.54) is 4.90 Å². The number of urea groups is 1. The minimum Gasteiger partial charge on any atom is -0.491 e. The molecule has 0 saturated carbocycles. The first-order valence-corrected chi connectivity index (χ1v) is 6.68. The second-order valence-electron chi connectivity index (χ2n) is 5.04. The number of rotatable bonds is 2. The minimum atomic E-state index is -0.944. The first kappa shape index (κ1) is 12.8. The number of hydrogen-bond donors (Lipinski definition) is 2. The predicted octanol–water partition coefficient (Wildman–Crippen LogP) is 1.38. The Morgan fingerprint density at radius 1 is 1.35 bits per heavy atom. The molecular weight excluding hydrogens is 260 g/mol. The number of nitrogens with zero attached hydrogens (tertiary/aromatic N) is 1. The van der Waals surface area contributed by atoms with Gasteiger partial charge in [-0.25, -0.2) is 9.59 Å². The highest BCUT2D eigenvalue weighted by atomic mass is 16.5. The van der Waals surface area contributed by atoms with Gasteiger partial charge in [0.05, 0.1) is 6.04 Å². The molecule has 1 aromatic rings. The van der Waals surface area contributed by atoms with E-state index in [9.17, 15) is 9.59 Å². The van der Waals surface area contributed by atoms with Gasteiger partial charge in [0.2, 0.25) is 0 Å². The maximum absolute atomic E-state index is 12.2. The summed E-state index contributed by atoms with van der Waals surface area (Å²) >= 11 is 0. The van der Waals surface area contributed by atoms with E-state index < -0.39 is 12.0 Å². The van der Waals surface area contributed by atoms with Gasteiger partial charge in [0, 0.05) is 12.1 Å². The molecule has 106 valence electrons. The minimum absolute atomic E-state index is 0.214. The standard InChI is InChI=1S/C14H16N2O4/c17-13(18)11-5-3-7-16(11)14(19)15-10-8-20-12-6-2-1-4-9(10)12/h1-2,4,6,10-11H,3,5,7-8H2,(H,15,19)(H,17,18)/t10?,11-/m0/s1. The van der Waals surface area contributed by atoms with E-state index in [2.05, 4.69) is 5.32 Å². The van der Waals surface area contributed by atoms with Crippen molar-refractivity contribution in [2.24, 2.45) is 0 Å². The maximum Gasteiger partial charge on any atom is 0.326 e. The second-order valence-corrected chi connectivity index (χ2v) is 5.04. The zero-order chi connectivity index (χ0) is 14.1. The van der Waals surface area contributed by atoms with E-state index in [-0.39, 0.29) is 12.1 Å². The van der Waals surface area contributed by atoms with Crippen LogP contribution in [-0.4, -0.2) is 41.2 Å². The van der Waals surface area contributed by atoms with Crippen molar-refractivity contribution in [2.45, 2.75) is 24.9 Å². The lowest BCUT2D eigenvalue weighted by Crippen LogP contribution is -2.47. The highest BCUT2D eigenvalue weighted by molar-refractivity contribution is 5.83. The predicted molar refractivity (Wildman–Crippen MR) is 70.6 cm³/mol. The van der Waals surface area contributed by atoms with Crippen LogP contribution in [0.1, 0.15) is 24.4 Å². The Kier molecular flexibility index (Phi) is 3.22. The van der Waals surface area contributed by atoms with Gasteiger partial charge in [0.25, 0.3) is 0 Å². The molecule has 1 saturated heterocycles. The van der Waals surface area contributed by atoms with Crippen LogP contribution in [0.15, 0.2) is 24.3 Å². The van der Waals surface area contributed by atoms with Crippen LogP contribution in [0.2, 0.25) is 0 Å². The van der Waals surface area contributed by atoms with Crippen molar-refractivity contribution in [3.05, 3.63) is 29.8 Å². The Labute approximate surface area is 116 Å². The van der Waals surface area contributed by atoms with Gasteiger partial charge in [-0.05, 0) is 18.9 Å². The summed E-state index contributed by atoms with van der Waals surface area (Å²) in [5.74, 6) is -0.172. The molecule has 2 amide bonds. The molecule has 2 atom stereocenters. The lowest BCUT2D eigenvalue weighted by atomic mass is 10.1. The maximum atomic E-state index is 12.2. The molecule has 0 radical (unpaired) electrons. The first-order chi connectivity index (χ1) is 9.66. The molecule has 2 aliphatic rings. The lowest BCUT2D eigenvalue weighted by Gasteiger charge is -2.23. The summed E-state index contributed by atoms with van der Waals surface area (Å²) in [7, 11) is 0. The number of fused-ring (bicyclic) bond motifs is 1. The molecule has 1 aromatic carbocycles. The highest BCUT2D eigenvalue weighted by Gasteiger charge is 2.36. The fraction of sp³-hybridized carbons (Fsp3) is 0.429. The quantitative estimate of drug-likeness (QED) is 0.855. The van der Waals surface area contributed by atoms with Crippen LogP contribution in [0.3, 0.4) is 0 Å². The van der Waals surface area contributed by atoms with Crippen molar-refractivity contribution < 1.29 is 19.4 Å². The molecule has 3 rings (SSSR count). The SMILES string of the molecule is O=C(O)[C@@H]1CCCN1C(=O)NC1COc2ccccc21. The average molecular weight is 276 g/mol. The second kappa shape index (κ2) is 5.03. The lowest BCUT2D eigenvalue weighted by molar-refractivity contribution is -0.141. The molecule has 0 bridgehead atoms. The summed E-state index contributed by atoms with van der Waals surface area (Å²) in [5, 5.41) is 12.0. The van der Waals surface area contributed by atoms with Crippen LogP contribution >= 0.6 is 0 Å². The Balaban J connectivity index is 1.70. The molecule has 6 heteroatoms. The van der Waals surface area contributed by atoms with Gasteiger partial charge in [-0.1, -0.05) is 18.2 Å². The van der Waals surface area contributed by atoms with Crippen LogP contribution in [0, 0.1) is 0 Å². The van der Waals surface area contributed by atoms with Gasteiger partial charge in [-0.15, -0.1) is 0 Å². The number of carbonyl (C=O) groups is 2. The zero-order valence-corrected chi connectivity index (χ0v) is 10.9. The number of likely N-dealkylation sites (tertiary alicyclic amines) is 1. The Bertz CT molecular complexity index is 546. The number of para-hydroxylation sites is 1. The third kappa shape index (κ3) is 2.17. The number of ether oxygens (including phenoxy) is 1. The fourth-order valence-electron chi connectivity index (χ4n) is 2.78. The van der Waals surface area contributed by atoms with Crippen molar-refractivity contribution in [1.82, 2.24) is 10.2 Å². The summed E-state index contributed by atoms with van der Waals surface area (Å²) in [5.41, 5.74) is 0.937. The summed E-state index contributed by atoms with van der Waals surface area (Å²) in [6.45, 7) is 0.870. The molecule has 2 aliphatic heterocycles. The number of nitrogens with one attached hydrogen (secondary N) is 1. The monoisotopic (exact) mass is 276 g/mol. The van der Waals surface area contributed by atoms with E-state index in [1.54, 1.807) is 0 Å². The molecule has 0 spiro atoms. The fourth-order valence-corrected chi connectivity index (χ4v) is 2.78. The van der Waals surface area contributed by atoms with E-state index >= 15 is 0 Å². The summed E-state index contributed by atoms with van der Waals surface area (Å²) < 4.78 is 5.50. The summed E-state index contributed by atoms with van der Waals surface area (Å²) in [4.78, 5) is 24.7. The Morgan fingerprint density at radius 3 is 2.95 bits per heavy atom. The van der Waals surface area contributed by atoms with Gasteiger partial charge in [0.15, 0.2) is 0 Å². The van der Waals surface area contributed by atoms with Crippen molar-refractivity contribution in [2.75, 3.05) is 13.2 Å². The Hall–Kier alpha value is -2.24. The molecule has 0 aromatic heterocycles. The van der Waals surface area contributed by atoms with Gasteiger partial charge < -0.3 is 20.1 Å². The molecular formula is C14H16N2O4. The van der Waals surface area contributed by atoms with Crippen molar-refractivity contribution in [3.63, 3.8) is 0 Å². The van der Waals surface area contributed by atoms with Crippen LogP contribution in [0.25, 0.3) is 0 Å². The number of carboxylic acids is 1. The molecule has 1 fully saturated rings. The molecule has 0 aliphatic carbocycles. The van der Waals surface area contributed by atoms with Crippen LogP contribution in [0.4, 0.5) is 4.79 Å². The average Bonchev–Trinajstić information content (AvgIpc) is 3.06. The van der Waals surface area contributed by atoms with Gasteiger partial charge >= 0.3 is 12.0 Å². The number of benzene rings is 1.